The average molecular weight is 379 g/mol. The summed E-state index contributed by atoms with van der Waals surface area (Å²) in [5.74, 6) is 1.03. The molecular formula is C21H22N4OS. The number of piperidine rings is 1. The zero-order valence-electron chi connectivity index (χ0n) is 15.6. The van der Waals surface area contributed by atoms with E-state index < -0.39 is 5.41 Å². The van der Waals surface area contributed by atoms with Gasteiger partial charge in [0.05, 0.1) is 15.6 Å². The molecule has 0 spiro atoms. The molecular weight excluding hydrogens is 356 g/mol. The van der Waals surface area contributed by atoms with E-state index in [1.54, 1.807) is 17.5 Å². The lowest BCUT2D eigenvalue weighted by atomic mass is 9.87. The monoisotopic (exact) mass is 378 g/mol. The van der Waals surface area contributed by atoms with Crippen molar-refractivity contribution in [2.75, 3.05) is 22.9 Å². The number of anilines is 2. The highest BCUT2D eigenvalue weighted by Gasteiger charge is 2.47. The van der Waals surface area contributed by atoms with E-state index in [1.165, 1.54) is 4.70 Å². The van der Waals surface area contributed by atoms with Crippen molar-refractivity contribution in [3.8, 4) is 0 Å². The van der Waals surface area contributed by atoms with Gasteiger partial charge in [-0.3, -0.25) is 9.69 Å². The van der Waals surface area contributed by atoms with Gasteiger partial charge in [0, 0.05) is 30.9 Å². The molecule has 0 radical (unpaired) electrons. The van der Waals surface area contributed by atoms with E-state index in [9.17, 15) is 4.79 Å². The van der Waals surface area contributed by atoms with Crippen LogP contribution < -0.4 is 9.80 Å². The van der Waals surface area contributed by atoms with Gasteiger partial charge in [-0.25, -0.2) is 9.97 Å². The van der Waals surface area contributed by atoms with Crippen LogP contribution in [-0.4, -0.2) is 35.0 Å². The SMILES string of the molecule is CC1(C)C(=O)N(C2CCN(c3nc4ccccc4s3)CC2)c2ncccc21. The van der Waals surface area contributed by atoms with Crippen molar-refractivity contribution in [3.05, 3.63) is 48.2 Å². The van der Waals surface area contributed by atoms with Crippen molar-refractivity contribution in [3.63, 3.8) is 0 Å². The van der Waals surface area contributed by atoms with E-state index in [0.29, 0.717) is 0 Å². The molecule has 0 saturated carbocycles. The third-order valence-corrected chi connectivity index (χ3v) is 6.92. The van der Waals surface area contributed by atoms with E-state index in [0.717, 1.165) is 48.0 Å². The molecule has 5 nitrogen and oxygen atoms in total. The molecule has 6 heteroatoms. The molecule has 1 amide bonds. The van der Waals surface area contributed by atoms with Gasteiger partial charge in [-0.1, -0.05) is 29.5 Å². The molecule has 138 valence electrons. The summed E-state index contributed by atoms with van der Waals surface area (Å²) < 4.78 is 1.23. The highest BCUT2D eigenvalue weighted by atomic mass is 32.1. The van der Waals surface area contributed by atoms with Crippen LogP contribution in [0.5, 0.6) is 0 Å². The second-order valence-corrected chi connectivity index (χ2v) is 8.87. The van der Waals surface area contributed by atoms with E-state index in [-0.39, 0.29) is 11.9 Å². The van der Waals surface area contributed by atoms with Crippen molar-refractivity contribution in [1.29, 1.82) is 0 Å². The summed E-state index contributed by atoms with van der Waals surface area (Å²) in [4.78, 5) is 26.8. The van der Waals surface area contributed by atoms with Crippen LogP contribution in [0.3, 0.4) is 0 Å². The molecule has 0 atom stereocenters. The van der Waals surface area contributed by atoms with Crippen molar-refractivity contribution < 1.29 is 4.79 Å². The number of carbonyl (C=O) groups excluding carboxylic acids is 1. The number of para-hydroxylation sites is 1. The number of pyridine rings is 1. The summed E-state index contributed by atoms with van der Waals surface area (Å²) >= 11 is 1.75. The number of amides is 1. The van der Waals surface area contributed by atoms with Gasteiger partial charge in [-0.15, -0.1) is 0 Å². The summed E-state index contributed by atoms with van der Waals surface area (Å²) in [5, 5.41) is 1.08. The zero-order valence-corrected chi connectivity index (χ0v) is 16.4. The number of benzene rings is 1. The maximum Gasteiger partial charge on any atom is 0.238 e. The minimum absolute atomic E-state index is 0.176. The van der Waals surface area contributed by atoms with Crippen LogP contribution in [0.4, 0.5) is 10.9 Å². The molecule has 0 bridgehead atoms. The number of carbonyl (C=O) groups is 1. The highest BCUT2D eigenvalue weighted by Crippen LogP contribution is 2.42. The van der Waals surface area contributed by atoms with Gasteiger partial charge in [0.25, 0.3) is 0 Å². The molecule has 5 rings (SSSR count). The Bertz CT molecular complexity index is 987. The molecule has 1 saturated heterocycles. The summed E-state index contributed by atoms with van der Waals surface area (Å²) in [5.41, 5.74) is 1.62. The topological polar surface area (TPSA) is 49.3 Å². The fourth-order valence-electron chi connectivity index (χ4n) is 4.24. The second kappa shape index (κ2) is 6.02. The van der Waals surface area contributed by atoms with Gasteiger partial charge >= 0.3 is 0 Å². The van der Waals surface area contributed by atoms with Crippen LogP contribution in [-0.2, 0) is 10.2 Å². The van der Waals surface area contributed by atoms with Crippen LogP contribution in [0.1, 0.15) is 32.3 Å². The Morgan fingerprint density at radius 1 is 1.11 bits per heavy atom. The normalized spacial score (nSPS) is 19.7. The molecule has 2 aliphatic heterocycles. The Kier molecular flexibility index (Phi) is 3.72. The lowest BCUT2D eigenvalue weighted by molar-refractivity contribution is -0.122. The first-order chi connectivity index (χ1) is 13.1. The number of rotatable bonds is 2. The summed E-state index contributed by atoms with van der Waals surface area (Å²) in [7, 11) is 0. The second-order valence-electron chi connectivity index (χ2n) is 7.86. The highest BCUT2D eigenvalue weighted by molar-refractivity contribution is 7.22. The van der Waals surface area contributed by atoms with Gasteiger partial charge in [-0.05, 0) is 44.9 Å². The predicted molar refractivity (Wildman–Crippen MR) is 110 cm³/mol. The summed E-state index contributed by atoms with van der Waals surface area (Å²) in [6.07, 6.45) is 3.66. The Balaban J connectivity index is 1.37. The standard InChI is InChI=1S/C21H22N4OS/c1-21(2)15-6-5-11-22-18(15)25(19(21)26)14-9-12-24(13-10-14)20-23-16-7-3-4-8-17(16)27-20/h3-8,11,14H,9-10,12-13H2,1-2H3. The molecule has 4 heterocycles. The number of hydrogen-bond acceptors (Lipinski definition) is 5. The number of thiazole rings is 1. The van der Waals surface area contributed by atoms with Crippen molar-refractivity contribution in [1.82, 2.24) is 9.97 Å². The largest absolute Gasteiger partial charge is 0.348 e. The molecule has 2 aromatic heterocycles. The molecule has 1 fully saturated rings. The maximum absolute atomic E-state index is 13.1. The Hall–Kier alpha value is -2.47. The Morgan fingerprint density at radius 3 is 2.67 bits per heavy atom. The lowest BCUT2D eigenvalue weighted by Crippen LogP contribution is -2.49. The molecule has 0 N–H and O–H groups in total. The third-order valence-electron chi connectivity index (χ3n) is 5.82. The van der Waals surface area contributed by atoms with Crippen LogP contribution >= 0.6 is 11.3 Å². The van der Waals surface area contributed by atoms with Crippen LogP contribution in [0.2, 0.25) is 0 Å². The van der Waals surface area contributed by atoms with E-state index in [1.807, 2.05) is 36.9 Å². The van der Waals surface area contributed by atoms with E-state index >= 15 is 0 Å². The van der Waals surface area contributed by atoms with Gasteiger partial charge in [0.15, 0.2) is 5.13 Å². The average Bonchev–Trinajstić information content (AvgIpc) is 3.20. The van der Waals surface area contributed by atoms with Gasteiger partial charge in [-0.2, -0.15) is 0 Å². The molecule has 3 aromatic rings. The fourth-order valence-corrected chi connectivity index (χ4v) is 5.26. The molecule has 2 aliphatic rings. The van der Waals surface area contributed by atoms with Crippen molar-refractivity contribution in [2.24, 2.45) is 0 Å². The molecule has 27 heavy (non-hydrogen) atoms. The predicted octanol–water partition coefficient (Wildman–Crippen LogP) is 3.98. The van der Waals surface area contributed by atoms with E-state index in [2.05, 4.69) is 28.1 Å². The van der Waals surface area contributed by atoms with Gasteiger partial charge in [0.2, 0.25) is 5.91 Å². The van der Waals surface area contributed by atoms with Crippen LogP contribution in [0.15, 0.2) is 42.6 Å². The van der Waals surface area contributed by atoms with Crippen LogP contribution in [0.25, 0.3) is 10.2 Å². The minimum atomic E-state index is -0.492. The quantitative estimate of drug-likeness (QED) is 0.677. The minimum Gasteiger partial charge on any atom is -0.348 e. The van der Waals surface area contributed by atoms with E-state index in [4.69, 9.17) is 4.98 Å². The fraction of sp³-hybridized carbons (Fsp3) is 0.381. The molecule has 1 aromatic carbocycles. The first kappa shape index (κ1) is 16.7. The zero-order chi connectivity index (χ0) is 18.6. The summed E-state index contributed by atoms with van der Waals surface area (Å²) in [6, 6.07) is 12.4. The third kappa shape index (κ3) is 2.54. The number of hydrogen-bond donors (Lipinski definition) is 0. The Morgan fingerprint density at radius 2 is 1.89 bits per heavy atom. The van der Waals surface area contributed by atoms with Crippen LogP contribution in [0, 0.1) is 0 Å². The molecule has 0 unspecified atom stereocenters. The van der Waals surface area contributed by atoms with Gasteiger partial charge in [0.1, 0.15) is 5.82 Å². The lowest BCUT2D eigenvalue weighted by Gasteiger charge is -2.37. The van der Waals surface area contributed by atoms with Gasteiger partial charge < -0.3 is 4.90 Å². The first-order valence-corrected chi connectivity index (χ1v) is 10.3. The number of nitrogens with zero attached hydrogens (tertiary/aromatic N) is 4. The maximum atomic E-state index is 13.1. The smallest absolute Gasteiger partial charge is 0.238 e. The number of fused-ring (bicyclic) bond motifs is 2. The van der Waals surface area contributed by atoms with Crippen molar-refractivity contribution in [2.45, 2.75) is 38.1 Å². The number of aromatic nitrogens is 2. The molecule has 0 aliphatic carbocycles. The van der Waals surface area contributed by atoms with Crippen molar-refractivity contribution >= 4 is 38.4 Å². The summed E-state index contributed by atoms with van der Waals surface area (Å²) in [6.45, 7) is 5.84. The Labute approximate surface area is 162 Å². The first-order valence-electron chi connectivity index (χ1n) is 9.45.